The highest BCUT2D eigenvalue weighted by Crippen LogP contribution is 2.61. The number of hydrogen-bond acceptors (Lipinski definition) is 3. The van der Waals surface area contributed by atoms with E-state index in [-0.39, 0.29) is 17.6 Å². The van der Waals surface area contributed by atoms with Crippen LogP contribution >= 0.6 is 0 Å². The summed E-state index contributed by atoms with van der Waals surface area (Å²) in [5, 5.41) is 1.46. The molecule has 0 aliphatic carbocycles. The van der Waals surface area contributed by atoms with Crippen LogP contribution in [-0.2, 0) is 10.0 Å². The molecule has 0 fully saturated rings. The summed E-state index contributed by atoms with van der Waals surface area (Å²) in [6.07, 6.45) is -8.10. The second-order valence-corrected chi connectivity index (χ2v) is 8.82. The zero-order chi connectivity index (χ0) is 26.2. The molecule has 0 saturated heterocycles. The van der Waals surface area contributed by atoms with Crippen LogP contribution in [0.15, 0.2) is 0 Å². The molecule has 0 aliphatic heterocycles. The molecule has 0 rings (SSSR count). The molecule has 1 N–H and O–H groups in total. The second kappa shape index (κ2) is 8.94. The summed E-state index contributed by atoms with van der Waals surface area (Å²) in [6, 6.07) is 0. The van der Waals surface area contributed by atoms with E-state index in [2.05, 4.69) is 0 Å². The minimum atomic E-state index is -8.20. The van der Waals surface area contributed by atoms with Gasteiger partial charge in [0.15, 0.2) is 0 Å². The minimum absolute atomic E-state index is 0.0374. The average Bonchev–Trinajstić information content (AvgIpc) is 2.56. The Morgan fingerprint density at radius 2 is 1.12 bits per heavy atom. The maximum atomic E-state index is 13.7. The molecule has 0 spiro atoms. The van der Waals surface area contributed by atoms with Crippen LogP contribution in [0.1, 0.15) is 6.42 Å². The van der Waals surface area contributed by atoms with E-state index in [0.29, 0.717) is 0 Å². The summed E-state index contributed by atoms with van der Waals surface area (Å²) >= 11 is 0. The van der Waals surface area contributed by atoms with Crippen molar-refractivity contribution >= 4 is 10.0 Å². The molecule has 194 valence electrons. The molecule has 0 bridgehead atoms. The van der Waals surface area contributed by atoms with Crippen molar-refractivity contribution in [3.05, 3.63) is 4.72 Å². The zero-order valence-corrected chi connectivity index (χ0v) is 16.8. The molecule has 32 heavy (non-hydrogen) atoms. The fourth-order valence-corrected chi connectivity index (χ4v) is 3.05. The van der Waals surface area contributed by atoms with Crippen LogP contribution in [-0.4, -0.2) is 93.5 Å². The predicted molar refractivity (Wildman–Crippen MR) is 81.5 cm³/mol. The molecular weight excluding hydrogens is 511 g/mol. The van der Waals surface area contributed by atoms with Gasteiger partial charge in [-0.05, 0) is 6.42 Å². The molecule has 0 amide bonds. The maximum Gasteiger partial charge on any atom is 0.460 e. The molecule has 0 aromatic rings. The lowest BCUT2D eigenvalue weighted by molar-refractivity contribution is -0.890. The second-order valence-electron chi connectivity index (χ2n) is 7.10. The van der Waals surface area contributed by atoms with Crippen LogP contribution in [0.3, 0.4) is 0 Å². The molecule has 0 aromatic carbocycles. The van der Waals surface area contributed by atoms with Gasteiger partial charge >= 0.3 is 35.1 Å². The number of halogens is 13. The van der Waals surface area contributed by atoms with Gasteiger partial charge in [0, 0.05) is 0 Å². The number of rotatable bonds is 12. The van der Waals surface area contributed by atoms with Crippen LogP contribution < -0.4 is 0 Å². The summed E-state index contributed by atoms with van der Waals surface area (Å²) in [7, 11) is -4.27. The molecule has 19 heteroatoms. The summed E-state index contributed by atoms with van der Waals surface area (Å²) in [5.41, 5.74) is 0. The van der Waals surface area contributed by atoms with Crippen molar-refractivity contribution in [2.24, 2.45) is 0 Å². The van der Waals surface area contributed by atoms with Crippen molar-refractivity contribution < 1.29 is 75.1 Å². The first-order valence-corrected chi connectivity index (χ1v) is 9.53. The Balaban J connectivity index is 5.92. The van der Waals surface area contributed by atoms with Gasteiger partial charge in [0.1, 0.15) is 16.6 Å². The zero-order valence-electron chi connectivity index (χ0n) is 16.0. The number of alkyl halides is 13. The third-order valence-electron chi connectivity index (χ3n) is 4.12. The Hall–Kier alpha value is -1.08. The van der Waals surface area contributed by atoms with E-state index in [0.717, 1.165) is 0 Å². The fourth-order valence-electron chi connectivity index (χ4n) is 2.06. The summed E-state index contributed by atoms with van der Waals surface area (Å²) in [4.78, 5) is 0. The number of hydrogen-bond donors (Lipinski definition) is 1. The number of likely N-dealkylation sites (N-methyl/N-ethyl adjacent to an activating group) is 1. The standard InChI is InChI=1S/C13H17F13N2O3S/c1-28(2,6-7-29)5-3-4-27-32(30,31)13(25,26)11(20,21)9(16,17)8(14,15)10(18,19)12(22,23)24/h29H,3-7H2,1-2H3. The highest BCUT2D eigenvalue weighted by molar-refractivity contribution is 7.95. The van der Waals surface area contributed by atoms with Gasteiger partial charge in [-0.2, -0.15) is 57.1 Å². The number of aliphatic hydroxyl groups excluding tert-OH is 1. The van der Waals surface area contributed by atoms with Gasteiger partial charge in [-0.1, -0.05) is 0 Å². The Kier molecular flexibility index (Phi) is 8.63. The van der Waals surface area contributed by atoms with Gasteiger partial charge in [-0.3, -0.25) is 0 Å². The number of aliphatic hydroxyl groups is 1. The van der Waals surface area contributed by atoms with Crippen molar-refractivity contribution in [3.8, 4) is 0 Å². The van der Waals surface area contributed by atoms with E-state index in [4.69, 9.17) is 5.11 Å². The minimum Gasteiger partial charge on any atom is -0.543 e. The van der Waals surface area contributed by atoms with Crippen molar-refractivity contribution in [2.75, 3.05) is 40.3 Å². The topological polar surface area (TPSA) is 68.5 Å². The lowest BCUT2D eigenvalue weighted by Gasteiger charge is -2.41. The van der Waals surface area contributed by atoms with E-state index in [1.807, 2.05) is 4.72 Å². The summed E-state index contributed by atoms with van der Waals surface area (Å²) < 4.78 is 193. The van der Waals surface area contributed by atoms with Crippen LogP contribution in [0.25, 0.3) is 4.72 Å². The van der Waals surface area contributed by atoms with Crippen LogP contribution in [0, 0.1) is 0 Å². The Morgan fingerprint density at radius 1 is 0.719 bits per heavy atom. The highest BCUT2D eigenvalue weighted by atomic mass is 32.2. The Labute approximate surface area is 172 Å². The van der Waals surface area contributed by atoms with E-state index in [9.17, 15) is 65.5 Å². The summed E-state index contributed by atoms with van der Waals surface area (Å²) in [5.74, 6) is -32.3. The largest absolute Gasteiger partial charge is 0.543 e. The smallest absolute Gasteiger partial charge is 0.460 e. The van der Waals surface area contributed by atoms with Gasteiger partial charge in [0.2, 0.25) is 0 Å². The third kappa shape index (κ3) is 5.19. The molecule has 0 atom stereocenters. The van der Waals surface area contributed by atoms with E-state index < -0.39 is 64.7 Å². The van der Waals surface area contributed by atoms with E-state index in [1.54, 1.807) is 0 Å². The number of sulfonamides is 1. The molecule has 0 saturated carbocycles. The molecule has 0 radical (unpaired) electrons. The van der Waals surface area contributed by atoms with Crippen molar-refractivity contribution in [3.63, 3.8) is 0 Å². The van der Waals surface area contributed by atoms with Crippen molar-refractivity contribution in [1.82, 2.24) is 0 Å². The SMILES string of the molecule is C[N+](C)(CCO)CCC[N-]S(=O)(=O)C(F)(F)C(F)(F)C(F)(F)C(F)(F)C(F)(F)C(F)(F)F. The lowest BCUT2D eigenvalue weighted by Crippen LogP contribution is -2.71. The highest BCUT2D eigenvalue weighted by Gasteiger charge is 2.91. The van der Waals surface area contributed by atoms with Crippen LogP contribution in [0.5, 0.6) is 0 Å². The normalized spacial score (nSPS) is 15.9. The monoisotopic (exact) mass is 528 g/mol. The first kappa shape index (κ1) is 30.9. The van der Waals surface area contributed by atoms with Gasteiger partial charge in [0.25, 0.3) is 0 Å². The molecule has 0 aliphatic rings. The lowest BCUT2D eigenvalue weighted by atomic mass is 9.98. The quantitative estimate of drug-likeness (QED) is 0.238. The Morgan fingerprint density at radius 3 is 1.50 bits per heavy atom. The molecule has 0 aromatic heterocycles. The van der Waals surface area contributed by atoms with Gasteiger partial charge in [0.05, 0.1) is 27.2 Å². The first-order chi connectivity index (χ1) is 13.8. The van der Waals surface area contributed by atoms with Gasteiger partial charge in [-0.15, -0.1) is 6.54 Å². The third-order valence-corrected chi connectivity index (χ3v) is 5.54. The number of quaternary nitrogens is 1. The molecule has 5 nitrogen and oxygen atoms in total. The molecule has 0 heterocycles. The Bertz CT molecular complexity index is 751. The van der Waals surface area contributed by atoms with Crippen molar-refractivity contribution in [1.29, 1.82) is 0 Å². The molecule has 0 unspecified atom stereocenters. The fraction of sp³-hybridized carbons (Fsp3) is 1.00. The average molecular weight is 528 g/mol. The predicted octanol–water partition coefficient (Wildman–Crippen LogP) is 3.85. The van der Waals surface area contributed by atoms with Crippen LogP contribution in [0.4, 0.5) is 57.1 Å². The van der Waals surface area contributed by atoms with E-state index in [1.165, 1.54) is 14.1 Å². The van der Waals surface area contributed by atoms with Crippen LogP contribution in [0.2, 0.25) is 0 Å². The summed E-state index contributed by atoms with van der Waals surface area (Å²) in [6.45, 7) is -1.79. The number of nitrogens with zero attached hydrogens (tertiary/aromatic N) is 2. The van der Waals surface area contributed by atoms with Gasteiger partial charge in [-0.25, -0.2) is 8.42 Å². The molecular formula is C13H17F13N2O3S. The van der Waals surface area contributed by atoms with Gasteiger partial charge < -0.3 is 14.3 Å². The maximum absolute atomic E-state index is 13.7. The first-order valence-electron chi connectivity index (χ1n) is 8.09. The van der Waals surface area contributed by atoms with Crippen molar-refractivity contribution in [2.45, 2.75) is 41.5 Å². The van der Waals surface area contributed by atoms with E-state index >= 15 is 0 Å².